The Bertz CT molecular complexity index is 320. The van der Waals surface area contributed by atoms with Crippen molar-refractivity contribution in [3.05, 3.63) is 0 Å². The molecule has 5 heteroatoms. The van der Waals surface area contributed by atoms with Gasteiger partial charge in [-0.25, -0.2) is 0 Å². The van der Waals surface area contributed by atoms with Crippen LogP contribution in [0.15, 0.2) is 0 Å². The summed E-state index contributed by atoms with van der Waals surface area (Å²) in [6.45, 7) is 2.06. The molecular formula is C11H15NO4. The van der Waals surface area contributed by atoms with Crippen LogP contribution in [0.1, 0.15) is 13.3 Å². The zero-order chi connectivity index (χ0) is 12.1. The van der Waals surface area contributed by atoms with Crippen molar-refractivity contribution in [1.29, 1.82) is 0 Å². The molecule has 0 aromatic rings. The normalized spacial score (nSPS) is 23.8. The predicted molar refractivity (Wildman–Crippen MR) is 56.6 cm³/mol. The molecule has 1 rings (SSSR count). The van der Waals surface area contributed by atoms with Crippen LogP contribution in [0.25, 0.3) is 0 Å². The molecule has 1 aliphatic rings. The van der Waals surface area contributed by atoms with Crippen LogP contribution in [-0.4, -0.2) is 47.7 Å². The number of hydrogen-bond acceptors (Lipinski definition) is 3. The van der Waals surface area contributed by atoms with Crippen LogP contribution in [0, 0.1) is 18.3 Å². The summed E-state index contributed by atoms with van der Waals surface area (Å²) in [6.07, 6.45) is 5.36. The van der Waals surface area contributed by atoms with Crippen LogP contribution >= 0.6 is 0 Å². The van der Waals surface area contributed by atoms with Gasteiger partial charge in [-0.1, -0.05) is 12.8 Å². The molecule has 1 aliphatic heterocycles. The van der Waals surface area contributed by atoms with E-state index in [1.807, 2.05) is 6.92 Å². The largest absolute Gasteiger partial charge is 0.480 e. The Kier molecular flexibility index (Phi) is 4.32. The van der Waals surface area contributed by atoms with Crippen molar-refractivity contribution in [2.75, 3.05) is 19.7 Å². The summed E-state index contributed by atoms with van der Waals surface area (Å²) >= 11 is 0. The second-order valence-electron chi connectivity index (χ2n) is 3.85. The van der Waals surface area contributed by atoms with Gasteiger partial charge in [0.05, 0.1) is 6.54 Å². The number of amides is 1. The molecule has 16 heavy (non-hydrogen) atoms. The summed E-state index contributed by atoms with van der Waals surface area (Å²) in [6, 6.07) is 0. The van der Waals surface area contributed by atoms with Crippen LogP contribution in [0.5, 0.6) is 0 Å². The second kappa shape index (κ2) is 5.52. The number of carboxylic acids is 1. The van der Waals surface area contributed by atoms with Gasteiger partial charge < -0.3 is 14.7 Å². The summed E-state index contributed by atoms with van der Waals surface area (Å²) in [5.41, 5.74) is 0. The number of carboxylic acid groups (broad SMARTS) is 1. The number of ether oxygens (including phenoxy) is 1. The molecule has 0 spiro atoms. The van der Waals surface area contributed by atoms with Gasteiger partial charge >= 0.3 is 5.97 Å². The van der Waals surface area contributed by atoms with Crippen LogP contribution in [0.3, 0.4) is 0 Å². The lowest BCUT2D eigenvalue weighted by Gasteiger charge is -2.23. The van der Waals surface area contributed by atoms with Gasteiger partial charge in [-0.2, -0.15) is 0 Å². The lowest BCUT2D eigenvalue weighted by Crippen LogP contribution is -2.43. The summed E-state index contributed by atoms with van der Waals surface area (Å²) in [5, 5.41) is 8.66. The topological polar surface area (TPSA) is 66.8 Å². The molecule has 0 aliphatic carbocycles. The van der Waals surface area contributed by atoms with E-state index >= 15 is 0 Å². The number of hydrogen-bond donors (Lipinski definition) is 1. The standard InChI is InChI=1S/C11H15NO4/c1-3-5-12(7-9(13)14)11(15)10-8(2)4-6-16-10/h1,8,10H,4-7H2,2H3,(H,13,14). The summed E-state index contributed by atoms with van der Waals surface area (Å²) in [5.74, 6) is 0.988. The Morgan fingerprint density at radius 2 is 2.31 bits per heavy atom. The predicted octanol–water partition coefficient (Wildman–Crippen LogP) is -0.0422. The summed E-state index contributed by atoms with van der Waals surface area (Å²) < 4.78 is 5.28. The van der Waals surface area contributed by atoms with E-state index in [0.717, 1.165) is 11.3 Å². The minimum Gasteiger partial charge on any atom is -0.480 e. The fraction of sp³-hybridized carbons (Fsp3) is 0.636. The van der Waals surface area contributed by atoms with Crippen LogP contribution < -0.4 is 0 Å². The molecule has 0 aromatic carbocycles. The first-order valence-corrected chi connectivity index (χ1v) is 5.12. The smallest absolute Gasteiger partial charge is 0.323 e. The molecule has 5 nitrogen and oxygen atoms in total. The molecule has 1 amide bonds. The van der Waals surface area contributed by atoms with E-state index in [9.17, 15) is 9.59 Å². The van der Waals surface area contributed by atoms with E-state index in [1.54, 1.807) is 0 Å². The number of terminal acetylenes is 1. The highest BCUT2D eigenvalue weighted by molar-refractivity contribution is 5.85. The first-order valence-electron chi connectivity index (χ1n) is 5.12. The third-order valence-corrected chi connectivity index (χ3v) is 2.55. The van der Waals surface area contributed by atoms with E-state index < -0.39 is 12.1 Å². The van der Waals surface area contributed by atoms with Crippen molar-refractivity contribution < 1.29 is 19.4 Å². The minimum absolute atomic E-state index is 0.00227. The Morgan fingerprint density at radius 3 is 2.75 bits per heavy atom. The molecule has 2 atom stereocenters. The Labute approximate surface area is 94.4 Å². The molecule has 1 heterocycles. The monoisotopic (exact) mass is 225 g/mol. The van der Waals surface area contributed by atoms with Crippen molar-refractivity contribution >= 4 is 11.9 Å². The molecule has 0 radical (unpaired) electrons. The third-order valence-electron chi connectivity index (χ3n) is 2.55. The molecule has 88 valence electrons. The van der Waals surface area contributed by atoms with E-state index in [1.165, 1.54) is 0 Å². The van der Waals surface area contributed by atoms with Crippen molar-refractivity contribution in [3.63, 3.8) is 0 Å². The highest BCUT2D eigenvalue weighted by atomic mass is 16.5. The Balaban J connectivity index is 2.66. The molecule has 1 N–H and O–H groups in total. The van der Waals surface area contributed by atoms with Gasteiger partial charge in [0.25, 0.3) is 5.91 Å². The van der Waals surface area contributed by atoms with Gasteiger partial charge in [0.2, 0.25) is 0 Å². The molecular weight excluding hydrogens is 210 g/mol. The first-order chi connectivity index (χ1) is 7.56. The van der Waals surface area contributed by atoms with Gasteiger partial charge in [-0.15, -0.1) is 6.42 Å². The van der Waals surface area contributed by atoms with Crippen LogP contribution in [-0.2, 0) is 14.3 Å². The molecule has 0 bridgehead atoms. The molecule has 1 fully saturated rings. The molecule has 0 saturated carbocycles. The van der Waals surface area contributed by atoms with Gasteiger partial charge in [-0.3, -0.25) is 9.59 Å². The molecule has 1 saturated heterocycles. The number of rotatable bonds is 4. The maximum atomic E-state index is 11.9. The van der Waals surface area contributed by atoms with Crippen molar-refractivity contribution in [1.82, 2.24) is 4.90 Å². The van der Waals surface area contributed by atoms with E-state index in [-0.39, 0.29) is 24.9 Å². The summed E-state index contributed by atoms with van der Waals surface area (Å²) in [7, 11) is 0. The van der Waals surface area contributed by atoms with Gasteiger partial charge in [0.15, 0.2) is 0 Å². The zero-order valence-corrected chi connectivity index (χ0v) is 9.18. The van der Waals surface area contributed by atoms with Crippen molar-refractivity contribution in [2.45, 2.75) is 19.4 Å². The van der Waals surface area contributed by atoms with Crippen LogP contribution in [0.4, 0.5) is 0 Å². The highest BCUT2D eigenvalue weighted by Crippen LogP contribution is 2.21. The third kappa shape index (κ3) is 2.97. The van der Waals surface area contributed by atoms with Crippen molar-refractivity contribution in [2.24, 2.45) is 5.92 Å². The lowest BCUT2D eigenvalue weighted by molar-refractivity contribution is -0.149. The number of aliphatic carboxylic acids is 1. The van der Waals surface area contributed by atoms with Gasteiger partial charge in [0, 0.05) is 6.61 Å². The Morgan fingerprint density at radius 1 is 1.62 bits per heavy atom. The quantitative estimate of drug-likeness (QED) is 0.682. The number of nitrogens with zero attached hydrogens (tertiary/aromatic N) is 1. The first kappa shape index (κ1) is 12.5. The highest BCUT2D eigenvalue weighted by Gasteiger charge is 2.34. The van der Waals surface area contributed by atoms with E-state index in [4.69, 9.17) is 16.3 Å². The maximum Gasteiger partial charge on any atom is 0.323 e. The average Bonchev–Trinajstić information content (AvgIpc) is 2.62. The lowest BCUT2D eigenvalue weighted by atomic mass is 10.0. The fourth-order valence-corrected chi connectivity index (χ4v) is 1.68. The SMILES string of the molecule is C#CCN(CC(=O)O)C(=O)C1OCCC1C. The van der Waals surface area contributed by atoms with Gasteiger partial charge in [0.1, 0.15) is 12.6 Å². The Hall–Kier alpha value is -1.54. The van der Waals surface area contributed by atoms with E-state index in [0.29, 0.717) is 6.61 Å². The minimum atomic E-state index is -1.07. The fourth-order valence-electron chi connectivity index (χ4n) is 1.68. The average molecular weight is 225 g/mol. The molecule has 2 unspecified atom stereocenters. The number of carbonyl (C=O) groups excluding carboxylic acids is 1. The molecule has 0 aromatic heterocycles. The van der Waals surface area contributed by atoms with Crippen LogP contribution in [0.2, 0.25) is 0 Å². The second-order valence-corrected chi connectivity index (χ2v) is 3.85. The van der Waals surface area contributed by atoms with Crippen molar-refractivity contribution in [3.8, 4) is 12.3 Å². The zero-order valence-electron chi connectivity index (χ0n) is 9.18. The van der Waals surface area contributed by atoms with E-state index in [2.05, 4.69) is 5.92 Å². The summed E-state index contributed by atoms with van der Waals surface area (Å²) in [4.78, 5) is 23.6. The maximum absolute atomic E-state index is 11.9. The van der Waals surface area contributed by atoms with Gasteiger partial charge in [-0.05, 0) is 12.3 Å². The number of carbonyl (C=O) groups is 2.